The maximum absolute atomic E-state index is 13.2. The molecule has 2 aliphatic rings. The number of hydrogen-bond donors (Lipinski definition) is 1. The van der Waals surface area contributed by atoms with E-state index in [9.17, 15) is 9.18 Å². The standard InChI is InChI=1S/C19H18FNO4/c20-13-3-1-12(2-4-13)15-7-8-21-10-16(15)19(22)25-14-5-6-17-18(9-14)24-11-23-17/h1-6,9,15-16,21H,7-8,10-11H2/t15-,16+/m1/s1. The molecule has 4 rings (SSSR count). The van der Waals surface area contributed by atoms with Crippen molar-refractivity contribution >= 4 is 5.97 Å². The highest BCUT2D eigenvalue weighted by molar-refractivity contribution is 5.77. The highest BCUT2D eigenvalue weighted by atomic mass is 19.1. The largest absolute Gasteiger partial charge is 0.454 e. The monoisotopic (exact) mass is 343 g/mol. The second-order valence-electron chi connectivity index (χ2n) is 6.19. The third-order valence-corrected chi connectivity index (χ3v) is 4.65. The van der Waals surface area contributed by atoms with Gasteiger partial charge in [-0.3, -0.25) is 4.79 Å². The normalized spacial score (nSPS) is 21.8. The first-order valence-corrected chi connectivity index (χ1v) is 8.28. The van der Waals surface area contributed by atoms with Gasteiger partial charge in [-0.05, 0) is 48.7 Å². The molecule has 5 nitrogen and oxygen atoms in total. The molecule has 0 unspecified atom stereocenters. The van der Waals surface area contributed by atoms with E-state index in [0.717, 1.165) is 18.5 Å². The Balaban J connectivity index is 1.51. The van der Waals surface area contributed by atoms with E-state index >= 15 is 0 Å². The van der Waals surface area contributed by atoms with Crippen LogP contribution in [0.25, 0.3) is 0 Å². The van der Waals surface area contributed by atoms with Crippen LogP contribution in [0.15, 0.2) is 42.5 Å². The Bertz CT molecular complexity index is 777. The second-order valence-corrected chi connectivity index (χ2v) is 6.19. The topological polar surface area (TPSA) is 56.8 Å². The second kappa shape index (κ2) is 6.72. The summed E-state index contributed by atoms with van der Waals surface area (Å²) in [6, 6.07) is 11.4. The molecule has 130 valence electrons. The summed E-state index contributed by atoms with van der Waals surface area (Å²) in [6.07, 6.45) is 0.798. The Labute approximate surface area is 144 Å². The predicted octanol–water partition coefficient (Wildman–Crippen LogP) is 2.85. The average molecular weight is 343 g/mol. The molecule has 0 radical (unpaired) electrons. The zero-order valence-electron chi connectivity index (χ0n) is 13.5. The summed E-state index contributed by atoms with van der Waals surface area (Å²) in [5, 5.41) is 3.23. The van der Waals surface area contributed by atoms with E-state index < -0.39 is 0 Å². The van der Waals surface area contributed by atoms with Gasteiger partial charge in [0, 0.05) is 12.6 Å². The molecule has 2 heterocycles. The van der Waals surface area contributed by atoms with Crippen molar-refractivity contribution in [3.63, 3.8) is 0 Å². The van der Waals surface area contributed by atoms with Gasteiger partial charge in [0.1, 0.15) is 11.6 Å². The third kappa shape index (κ3) is 3.30. The van der Waals surface area contributed by atoms with Gasteiger partial charge in [0.25, 0.3) is 0 Å². The molecule has 6 heteroatoms. The number of rotatable bonds is 3. The third-order valence-electron chi connectivity index (χ3n) is 4.65. The summed E-state index contributed by atoms with van der Waals surface area (Å²) in [5.41, 5.74) is 0.954. The van der Waals surface area contributed by atoms with Crippen molar-refractivity contribution in [1.29, 1.82) is 0 Å². The van der Waals surface area contributed by atoms with Crippen LogP contribution in [0.5, 0.6) is 17.2 Å². The van der Waals surface area contributed by atoms with Crippen molar-refractivity contribution in [2.75, 3.05) is 19.9 Å². The molecule has 0 saturated carbocycles. The van der Waals surface area contributed by atoms with Crippen LogP contribution >= 0.6 is 0 Å². The van der Waals surface area contributed by atoms with E-state index in [-0.39, 0.29) is 30.4 Å². The summed E-state index contributed by atoms with van der Waals surface area (Å²) < 4.78 is 29.3. The highest BCUT2D eigenvalue weighted by Crippen LogP contribution is 2.36. The van der Waals surface area contributed by atoms with Crippen LogP contribution in [0, 0.1) is 11.7 Å². The van der Waals surface area contributed by atoms with Gasteiger partial charge in [-0.2, -0.15) is 0 Å². The quantitative estimate of drug-likeness (QED) is 0.686. The predicted molar refractivity (Wildman–Crippen MR) is 88.3 cm³/mol. The molecule has 1 fully saturated rings. The van der Waals surface area contributed by atoms with Gasteiger partial charge in [-0.15, -0.1) is 0 Å². The number of carbonyl (C=O) groups is 1. The van der Waals surface area contributed by atoms with E-state index in [1.165, 1.54) is 12.1 Å². The van der Waals surface area contributed by atoms with E-state index in [1.807, 2.05) is 0 Å². The molecule has 0 bridgehead atoms. The van der Waals surface area contributed by atoms with Crippen molar-refractivity contribution in [2.24, 2.45) is 5.92 Å². The molecule has 0 spiro atoms. The molecular formula is C19H18FNO4. The van der Waals surface area contributed by atoms with Gasteiger partial charge in [-0.1, -0.05) is 12.1 Å². The van der Waals surface area contributed by atoms with Crippen LogP contribution in [-0.4, -0.2) is 25.9 Å². The van der Waals surface area contributed by atoms with E-state index in [1.54, 1.807) is 30.3 Å². The SMILES string of the molecule is O=C(Oc1ccc2c(c1)OCO2)[C@H]1CNCC[C@@H]1c1ccc(F)cc1. The molecule has 1 saturated heterocycles. The summed E-state index contributed by atoms with van der Waals surface area (Å²) in [6.45, 7) is 1.52. The van der Waals surface area contributed by atoms with Gasteiger partial charge in [0.05, 0.1) is 5.92 Å². The van der Waals surface area contributed by atoms with Crippen molar-refractivity contribution in [3.8, 4) is 17.2 Å². The fourth-order valence-electron chi connectivity index (χ4n) is 3.35. The van der Waals surface area contributed by atoms with Crippen molar-refractivity contribution < 1.29 is 23.4 Å². The summed E-state index contributed by atoms with van der Waals surface area (Å²) in [4.78, 5) is 12.7. The van der Waals surface area contributed by atoms with Crippen molar-refractivity contribution in [3.05, 3.63) is 53.8 Å². The number of ether oxygens (including phenoxy) is 3. The van der Waals surface area contributed by atoms with Crippen LogP contribution < -0.4 is 19.5 Å². The van der Waals surface area contributed by atoms with E-state index in [0.29, 0.717) is 23.8 Å². The smallest absolute Gasteiger partial charge is 0.316 e. The van der Waals surface area contributed by atoms with Crippen molar-refractivity contribution in [2.45, 2.75) is 12.3 Å². The first-order chi connectivity index (χ1) is 12.2. The number of piperidine rings is 1. The number of esters is 1. The molecule has 2 aromatic carbocycles. The lowest BCUT2D eigenvalue weighted by Gasteiger charge is -2.30. The van der Waals surface area contributed by atoms with Gasteiger partial charge in [0.2, 0.25) is 6.79 Å². The first kappa shape index (κ1) is 15.9. The van der Waals surface area contributed by atoms with Crippen LogP contribution in [0.3, 0.4) is 0 Å². The maximum atomic E-state index is 13.2. The molecular weight excluding hydrogens is 325 g/mol. The lowest BCUT2D eigenvalue weighted by molar-refractivity contribution is -0.140. The highest BCUT2D eigenvalue weighted by Gasteiger charge is 2.33. The Kier molecular flexibility index (Phi) is 4.28. The summed E-state index contributed by atoms with van der Waals surface area (Å²) >= 11 is 0. The Hall–Kier alpha value is -2.60. The van der Waals surface area contributed by atoms with Crippen LogP contribution in [0.2, 0.25) is 0 Å². The number of carbonyl (C=O) groups excluding carboxylic acids is 1. The first-order valence-electron chi connectivity index (χ1n) is 8.28. The minimum Gasteiger partial charge on any atom is -0.454 e. The number of hydrogen-bond acceptors (Lipinski definition) is 5. The Morgan fingerprint density at radius 1 is 1.12 bits per heavy atom. The van der Waals surface area contributed by atoms with Gasteiger partial charge in [0.15, 0.2) is 11.5 Å². The Morgan fingerprint density at radius 2 is 1.92 bits per heavy atom. The summed E-state index contributed by atoms with van der Waals surface area (Å²) in [7, 11) is 0. The molecule has 0 amide bonds. The Morgan fingerprint density at radius 3 is 2.76 bits per heavy atom. The summed E-state index contributed by atoms with van der Waals surface area (Å²) in [5.74, 6) is 0.730. The molecule has 25 heavy (non-hydrogen) atoms. The van der Waals surface area contributed by atoms with Crippen molar-refractivity contribution in [1.82, 2.24) is 5.32 Å². The minimum absolute atomic E-state index is 0.00311. The number of nitrogens with one attached hydrogen (secondary N) is 1. The fourth-order valence-corrected chi connectivity index (χ4v) is 3.35. The van der Waals surface area contributed by atoms with Gasteiger partial charge < -0.3 is 19.5 Å². The van der Waals surface area contributed by atoms with Gasteiger partial charge >= 0.3 is 5.97 Å². The average Bonchev–Trinajstić information content (AvgIpc) is 3.10. The van der Waals surface area contributed by atoms with Crippen LogP contribution in [-0.2, 0) is 4.79 Å². The number of halogens is 1. The molecule has 2 aliphatic heterocycles. The lowest BCUT2D eigenvalue weighted by Crippen LogP contribution is -2.41. The molecule has 0 aromatic heterocycles. The van der Waals surface area contributed by atoms with Gasteiger partial charge in [-0.25, -0.2) is 4.39 Å². The maximum Gasteiger partial charge on any atom is 0.316 e. The lowest BCUT2D eigenvalue weighted by atomic mass is 9.81. The molecule has 0 aliphatic carbocycles. The van der Waals surface area contributed by atoms with E-state index in [4.69, 9.17) is 14.2 Å². The van der Waals surface area contributed by atoms with Crippen LogP contribution in [0.1, 0.15) is 17.9 Å². The molecule has 1 N–H and O–H groups in total. The number of fused-ring (bicyclic) bond motifs is 1. The molecule has 2 atom stereocenters. The fraction of sp³-hybridized carbons (Fsp3) is 0.316. The number of benzene rings is 2. The zero-order valence-corrected chi connectivity index (χ0v) is 13.5. The minimum atomic E-state index is -0.329. The van der Waals surface area contributed by atoms with E-state index in [2.05, 4.69) is 5.32 Å². The zero-order chi connectivity index (χ0) is 17.2. The van der Waals surface area contributed by atoms with Crippen LogP contribution in [0.4, 0.5) is 4.39 Å². The molecule has 2 aromatic rings.